The van der Waals surface area contributed by atoms with Gasteiger partial charge in [0.05, 0.1) is 82.1 Å². The van der Waals surface area contributed by atoms with Gasteiger partial charge in [-0.15, -0.1) is 0 Å². The summed E-state index contributed by atoms with van der Waals surface area (Å²) in [5, 5.41) is 68.7. The number of esters is 1. The first-order valence-corrected chi connectivity index (χ1v) is 39.7. The number of nitro benzene ring substituents is 4. The molecule has 37 nitrogen and oxygen atoms in total. The minimum atomic E-state index is -1.15. The van der Waals surface area contributed by atoms with Crippen LogP contribution in [-0.4, -0.2) is 108 Å². The van der Waals surface area contributed by atoms with Gasteiger partial charge in [-0.05, 0) is 183 Å². The number of nitrogens with one attached hydrogen (secondary N) is 4. The van der Waals surface area contributed by atoms with Crippen LogP contribution < -0.4 is 60.4 Å². The van der Waals surface area contributed by atoms with Gasteiger partial charge in [0.15, 0.2) is 0 Å². The smallest absolute Gasteiger partial charge is 0.343 e. The third-order valence-corrected chi connectivity index (χ3v) is 21.5. The van der Waals surface area contributed by atoms with Crippen molar-refractivity contribution in [1.82, 2.24) is 38.8 Å². The lowest BCUT2D eigenvalue weighted by molar-refractivity contribution is -0.383. The molecule has 0 unspecified atom stereocenters. The summed E-state index contributed by atoms with van der Waals surface area (Å²) in [7, 11) is 1.23. The maximum Gasteiger partial charge on any atom is 0.343 e. The van der Waals surface area contributed by atoms with Crippen LogP contribution in [0.2, 0.25) is 5.02 Å². The molecule has 0 bridgehead atoms. The number of fused-ring (bicyclic) bond motifs is 6. The second kappa shape index (κ2) is 39.4. The quantitative estimate of drug-likeness (QED) is 0.0179. The molecule has 0 spiro atoms. The molecule has 3 saturated carbocycles. The highest BCUT2D eigenvalue weighted by Gasteiger charge is 2.31. The van der Waals surface area contributed by atoms with Crippen molar-refractivity contribution < 1.29 is 62.7 Å². The minimum Gasteiger partial charge on any atom is -0.480 e. The van der Waals surface area contributed by atoms with E-state index in [1.807, 2.05) is 19.1 Å². The van der Waals surface area contributed by atoms with Crippen LogP contribution in [0.25, 0.3) is 64.6 Å². The summed E-state index contributed by atoms with van der Waals surface area (Å²) in [6, 6.07) is 41.1. The Balaban J connectivity index is 0.000000149. The number of nitrogen functional groups attached to an aromatic ring is 1. The van der Waals surface area contributed by atoms with Crippen molar-refractivity contribution in [2.45, 2.75) is 134 Å². The second-order valence-corrected chi connectivity index (χ2v) is 30.2. The number of aliphatic carboxylic acids is 1. The van der Waals surface area contributed by atoms with Crippen LogP contribution in [-0.2, 0) is 33.5 Å². The first-order chi connectivity index (χ1) is 60.0. The van der Waals surface area contributed by atoms with E-state index < -0.39 is 84.1 Å². The SMILES string of the molecule is COC(=O)[C@@H](C)n1ccc2c([N+](=O)[O-])cccc2c1=O.C[C@H](C(=O)NC1CC1)n1ccc2c(N)cccc2c1=O.C[C@H](C(=O)NC1CC1)n1ccc2c([N+](=O)[O-])cccc2c1=O.C[C@H](C(=O)Nc1cccc2c(=O)n([C@H](C)C(=O)NC3CC3)ccc12)c1ccc(Cl)cc1.C[C@H](C(=O)O)n1ccc2c([N+](=O)[O-])cccc2c1=O.O=c1occc2c([N+](=O)[O-])cccc12. The number of pyridine rings is 5. The predicted molar refractivity (Wildman–Crippen MR) is 470 cm³/mol. The van der Waals surface area contributed by atoms with E-state index in [1.165, 1.54) is 155 Å². The van der Waals surface area contributed by atoms with E-state index in [-0.39, 0.29) is 119 Å². The normalized spacial score (nSPS) is 13.9. The maximum atomic E-state index is 13.1. The van der Waals surface area contributed by atoms with E-state index in [0.29, 0.717) is 37.9 Å². The number of halogens is 1. The number of ether oxygens (including phenoxy) is 1. The molecule has 4 amide bonds. The number of carboxylic acid groups (broad SMARTS) is 1. The lowest BCUT2D eigenvalue weighted by Crippen LogP contribution is -2.36. The zero-order valence-electron chi connectivity index (χ0n) is 68.5. The number of hydrogen-bond acceptors (Lipinski definition) is 23. The van der Waals surface area contributed by atoms with Crippen LogP contribution in [0.1, 0.15) is 122 Å². The van der Waals surface area contributed by atoms with E-state index in [2.05, 4.69) is 30.4 Å². The number of carboxylic acids is 1. The van der Waals surface area contributed by atoms with Gasteiger partial charge in [0.25, 0.3) is 50.5 Å². The molecule has 0 saturated heterocycles. The highest BCUT2D eigenvalue weighted by atomic mass is 35.5. The Bertz CT molecular complexity index is 6890. The molecule has 16 rings (SSSR count). The van der Waals surface area contributed by atoms with Gasteiger partial charge in [-0.2, -0.15) is 0 Å². The first-order valence-electron chi connectivity index (χ1n) is 39.3. The van der Waals surface area contributed by atoms with Crippen molar-refractivity contribution in [3.05, 3.63) is 320 Å². The molecule has 6 aromatic heterocycles. The summed E-state index contributed by atoms with van der Waals surface area (Å²) in [5.74, 6) is -2.77. The van der Waals surface area contributed by atoms with Crippen molar-refractivity contribution in [2.75, 3.05) is 18.2 Å². The van der Waals surface area contributed by atoms with Crippen LogP contribution in [0.4, 0.5) is 34.1 Å². The molecular weight excluding hydrogens is 1660 g/mol. The van der Waals surface area contributed by atoms with Crippen molar-refractivity contribution in [2.24, 2.45) is 0 Å². The van der Waals surface area contributed by atoms with Gasteiger partial charge in [0, 0.05) is 111 Å². The lowest BCUT2D eigenvalue weighted by atomic mass is 10.00. The fraction of sp³-hybridized carbons (Fsp3) is 0.250. The Morgan fingerprint density at radius 2 is 0.714 bits per heavy atom. The topological polar surface area (TPSA) is 519 Å². The molecule has 126 heavy (non-hydrogen) atoms. The Hall–Kier alpha value is -15.7. The number of non-ortho nitro benzene ring substituents is 4. The number of hydrogen-bond donors (Lipinski definition) is 6. The fourth-order valence-corrected chi connectivity index (χ4v) is 13.5. The minimum absolute atomic E-state index is 0.0876. The van der Waals surface area contributed by atoms with Crippen molar-refractivity contribution in [3.8, 4) is 0 Å². The molecule has 3 fully saturated rings. The van der Waals surface area contributed by atoms with Crippen molar-refractivity contribution in [3.63, 3.8) is 0 Å². The van der Waals surface area contributed by atoms with Crippen LogP contribution in [0, 0.1) is 40.5 Å². The van der Waals surface area contributed by atoms with Gasteiger partial charge in [-0.25, -0.2) is 14.4 Å². The van der Waals surface area contributed by atoms with E-state index in [9.17, 15) is 98.0 Å². The number of benzene rings is 7. The predicted octanol–water partition coefficient (Wildman–Crippen LogP) is 12.3. The molecule has 650 valence electrons. The number of anilines is 2. The maximum absolute atomic E-state index is 13.1. The van der Waals surface area contributed by atoms with Crippen LogP contribution in [0.15, 0.2) is 240 Å². The molecule has 6 atom stereocenters. The van der Waals surface area contributed by atoms with Crippen LogP contribution in [0.5, 0.6) is 0 Å². The molecule has 6 heterocycles. The summed E-state index contributed by atoms with van der Waals surface area (Å²) in [4.78, 5) is 187. The number of carbonyl (C=O) groups excluding carboxylic acids is 5. The van der Waals surface area contributed by atoms with E-state index >= 15 is 0 Å². The molecular formula is C88H83ClN14O23. The average Bonchev–Trinajstić information content (AvgIpc) is 1.40. The number of carbonyl (C=O) groups is 6. The van der Waals surface area contributed by atoms with Gasteiger partial charge in [0.1, 0.15) is 30.2 Å². The highest BCUT2D eigenvalue weighted by molar-refractivity contribution is 6.30. The third kappa shape index (κ3) is 20.9. The Kier molecular flexibility index (Phi) is 28.5. The first kappa shape index (κ1) is 91.1. The van der Waals surface area contributed by atoms with Crippen molar-refractivity contribution >= 4 is 146 Å². The highest BCUT2D eigenvalue weighted by Crippen LogP contribution is 2.31. The van der Waals surface area contributed by atoms with E-state index in [1.54, 1.807) is 93.8 Å². The van der Waals surface area contributed by atoms with Gasteiger partial charge in [-0.3, -0.25) is 83.6 Å². The van der Waals surface area contributed by atoms with Gasteiger partial charge in [-0.1, -0.05) is 60.1 Å². The second-order valence-electron chi connectivity index (χ2n) is 29.8. The van der Waals surface area contributed by atoms with Gasteiger partial charge in [0.2, 0.25) is 23.6 Å². The molecule has 3 aliphatic rings. The number of nitro groups is 4. The Morgan fingerprint density at radius 3 is 1.07 bits per heavy atom. The van der Waals surface area contributed by atoms with E-state index in [0.717, 1.165) is 60.3 Å². The Morgan fingerprint density at radius 1 is 0.405 bits per heavy atom. The summed E-state index contributed by atoms with van der Waals surface area (Å²) < 4.78 is 15.6. The van der Waals surface area contributed by atoms with Crippen molar-refractivity contribution in [1.29, 1.82) is 0 Å². The summed E-state index contributed by atoms with van der Waals surface area (Å²) in [5.41, 5.74) is 4.87. The number of nitrogens with zero attached hydrogens (tertiary/aromatic N) is 9. The molecule has 13 aromatic rings. The summed E-state index contributed by atoms with van der Waals surface area (Å²) in [6.07, 6.45) is 14.4. The molecule has 7 N–H and O–H groups in total. The zero-order chi connectivity index (χ0) is 91.4. The van der Waals surface area contributed by atoms with Gasteiger partial charge >= 0.3 is 17.6 Å². The van der Waals surface area contributed by atoms with Crippen LogP contribution >= 0.6 is 11.6 Å². The Labute approximate surface area is 716 Å². The number of amides is 4. The summed E-state index contributed by atoms with van der Waals surface area (Å²) in [6.45, 7) is 9.80. The number of rotatable bonds is 20. The monoisotopic (exact) mass is 1740 g/mol. The molecule has 3 aliphatic carbocycles. The van der Waals surface area contributed by atoms with Gasteiger partial charge < -0.3 is 64.1 Å². The molecule has 7 aromatic carbocycles. The number of aromatic nitrogens is 5. The average molecular weight is 1740 g/mol. The van der Waals surface area contributed by atoms with E-state index in [4.69, 9.17) is 22.4 Å². The number of methoxy groups -OCH3 is 1. The standard InChI is InChI=1S/C24H24ClN3O3.C15H15N3O4.C15H17N3O2.C13H12N2O5.C12H10N2O5.C9H5NO4/c1-14(16-6-8-17(25)9-7-16)22(29)27-21-5-3-4-20-19(21)12-13-28(24(20)31)15(2)23(30)26-18-10-11-18;1-9(14(19)16-10-5-6-10)17-8-7-11-12(15(17)20)3-2-4-13(11)18(21)22;1-9(14(19)17-10-5-6-10)18-8-7-11-12(15(18)20)3-2-4-13(11)16;1-8(13(17)20-2)14-7-6-9-10(12(14)16)4-3-5-11(9)15(18)19;1-7(12(16)17)13-6-5-8-9(11(13)15)3-2-4-10(8)14(18)19;11-9-7-2-1-3-8(10(12)13)6(7)4-5-14-9/h3-9,12-15,18H,10-11H2,1-2H3,(H,26,30)(H,27,29);2-4,7-10H,5-6H2,1H3,(H,16,19);2-4,7-10H,5-6,16H2,1H3,(H,17,19);3-8H,1-2H3;2-7H,1H3,(H,16,17);1-5H/t14-,15+;2*9-;8-;7-;/m01111./s1. The zero-order valence-corrected chi connectivity index (χ0v) is 69.2. The lowest BCUT2D eigenvalue weighted by Gasteiger charge is -2.17. The van der Waals surface area contributed by atoms with Crippen LogP contribution in [0.3, 0.4) is 0 Å². The fourth-order valence-electron chi connectivity index (χ4n) is 13.4. The summed E-state index contributed by atoms with van der Waals surface area (Å²) >= 11 is 5.93. The number of nitrogens with two attached hydrogens (primary N) is 1. The molecule has 0 aliphatic heterocycles. The molecule has 38 heteroatoms. The largest absolute Gasteiger partial charge is 0.480 e. The molecule has 0 radical (unpaired) electrons. The third-order valence-electron chi connectivity index (χ3n) is 21.2.